The summed E-state index contributed by atoms with van der Waals surface area (Å²) in [4.78, 5) is 25.7. The van der Waals surface area contributed by atoms with Crippen molar-refractivity contribution >= 4 is 42.8 Å². The molecule has 0 atom stereocenters. The summed E-state index contributed by atoms with van der Waals surface area (Å²) >= 11 is 0. The second-order valence-electron chi connectivity index (χ2n) is 7.95. The van der Waals surface area contributed by atoms with E-state index in [9.17, 15) is 9.59 Å². The SMILES string of the molecule is BC1=CC2=C(CC1)C(=O)/C(=C/c1cc3oc(-c4ccc(C)cc4)cc3n1C=C)C2=O. The number of carbonyl (C=O) groups is 2. The van der Waals surface area contributed by atoms with Crippen LogP contribution < -0.4 is 0 Å². The van der Waals surface area contributed by atoms with E-state index < -0.39 is 0 Å². The van der Waals surface area contributed by atoms with Gasteiger partial charge in [0.05, 0.1) is 16.8 Å². The van der Waals surface area contributed by atoms with Crippen LogP contribution in [-0.2, 0) is 9.59 Å². The Morgan fingerprint density at radius 2 is 1.87 bits per heavy atom. The van der Waals surface area contributed by atoms with E-state index in [1.807, 2.05) is 61.8 Å². The van der Waals surface area contributed by atoms with Crippen molar-refractivity contribution in [3.63, 3.8) is 0 Å². The number of Topliss-reactive ketones (excluding diaryl/α,β-unsaturated/α-hetero) is 2. The summed E-state index contributed by atoms with van der Waals surface area (Å²) in [5, 5.41) is 0. The molecule has 0 fully saturated rings. The van der Waals surface area contributed by atoms with Gasteiger partial charge in [0, 0.05) is 35.0 Å². The Labute approximate surface area is 175 Å². The van der Waals surface area contributed by atoms with Crippen molar-refractivity contribution in [3.05, 3.63) is 82.5 Å². The largest absolute Gasteiger partial charge is 0.454 e. The van der Waals surface area contributed by atoms with Gasteiger partial charge in [0.2, 0.25) is 0 Å². The number of aromatic nitrogens is 1. The molecule has 3 aromatic rings. The van der Waals surface area contributed by atoms with Crippen molar-refractivity contribution in [1.29, 1.82) is 0 Å². The third kappa shape index (κ3) is 2.78. The molecule has 0 aliphatic heterocycles. The molecule has 2 aliphatic rings. The first-order valence-electron chi connectivity index (χ1n) is 10.0. The first-order valence-corrected chi connectivity index (χ1v) is 10.0. The summed E-state index contributed by atoms with van der Waals surface area (Å²) < 4.78 is 7.91. The average Bonchev–Trinajstić information content (AvgIpc) is 3.35. The highest BCUT2D eigenvalue weighted by molar-refractivity contribution is 6.41. The van der Waals surface area contributed by atoms with Gasteiger partial charge in [-0.2, -0.15) is 0 Å². The molecule has 5 rings (SSSR count). The summed E-state index contributed by atoms with van der Waals surface area (Å²) in [6.45, 7) is 5.95. The lowest BCUT2D eigenvalue weighted by molar-refractivity contribution is -0.115. The topological polar surface area (TPSA) is 52.2 Å². The van der Waals surface area contributed by atoms with E-state index in [2.05, 4.69) is 6.58 Å². The second kappa shape index (κ2) is 6.73. The van der Waals surface area contributed by atoms with Crippen molar-refractivity contribution in [2.24, 2.45) is 0 Å². The number of benzene rings is 1. The minimum atomic E-state index is -0.192. The van der Waals surface area contributed by atoms with Gasteiger partial charge < -0.3 is 8.98 Å². The number of furan rings is 1. The van der Waals surface area contributed by atoms with Gasteiger partial charge in [-0.15, -0.1) is 5.47 Å². The van der Waals surface area contributed by atoms with Gasteiger partial charge in [0.25, 0.3) is 0 Å². The predicted molar refractivity (Wildman–Crippen MR) is 122 cm³/mol. The maximum absolute atomic E-state index is 12.9. The summed E-state index contributed by atoms with van der Waals surface area (Å²) in [6.07, 6.45) is 6.64. The molecule has 146 valence electrons. The number of hydrogen-bond acceptors (Lipinski definition) is 3. The smallest absolute Gasteiger partial charge is 0.197 e. The van der Waals surface area contributed by atoms with Gasteiger partial charge in [-0.05, 0) is 25.8 Å². The van der Waals surface area contributed by atoms with Crippen LogP contribution in [-0.4, -0.2) is 24.0 Å². The number of aryl methyl sites for hydroxylation is 1. The number of nitrogens with zero attached hydrogens (tertiary/aromatic N) is 1. The molecule has 4 nitrogen and oxygen atoms in total. The Balaban J connectivity index is 1.56. The number of carbonyl (C=O) groups excluding carboxylic acids is 2. The molecule has 30 heavy (non-hydrogen) atoms. The normalized spacial score (nSPS) is 17.8. The van der Waals surface area contributed by atoms with Crippen molar-refractivity contribution in [2.75, 3.05) is 0 Å². The van der Waals surface area contributed by atoms with Crippen LogP contribution in [0.25, 0.3) is 34.7 Å². The van der Waals surface area contributed by atoms with E-state index in [1.165, 1.54) is 5.56 Å². The lowest BCUT2D eigenvalue weighted by Crippen LogP contribution is -2.04. The van der Waals surface area contributed by atoms with Crippen molar-refractivity contribution in [3.8, 4) is 11.3 Å². The lowest BCUT2D eigenvalue weighted by atomic mass is 9.83. The first kappa shape index (κ1) is 18.4. The fourth-order valence-corrected chi connectivity index (χ4v) is 4.20. The maximum atomic E-state index is 12.9. The van der Waals surface area contributed by atoms with E-state index in [0.717, 1.165) is 28.7 Å². The van der Waals surface area contributed by atoms with Crippen LogP contribution in [0.4, 0.5) is 0 Å². The first-order chi connectivity index (χ1) is 14.5. The quantitative estimate of drug-likeness (QED) is 0.375. The zero-order chi connectivity index (χ0) is 21.0. The lowest BCUT2D eigenvalue weighted by Gasteiger charge is -2.09. The third-order valence-corrected chi connectivity index (χ3v) is 5.86. The maximum Gasteiger partial charge on any atom is 0.197 e. The number of allylic oxidation sites excluding steroid dienone is 5. The van der Waals surface area contributed by atoms with Crippen LogP contribution in [0, 0.1) is 6.92 Å². The average molecular weight is 393 g/mol. The minimum Gasteiger partial charge on any atom is -0.454 e. The molecule has 0 amide bonds. The van der Waals surface area contributed by atoms with Crippen LogP contribution in [0.2, 0.25) is 0 Å². The van der Waals surface area contributed by atoms with E-state index in [1.54, 1.807) is 12.3 Å². The summed E-state index contributed by atoms with van der Waals surface area (Å²) in [5.74, 6) is 0.413. The van der Waals surface area contributed by atoms with Crippen LogP contribution in [0.1, 0.15) is 24.1 Å². The molecule has 2 aromatic heterocycles. The van der Waals surface area contributed by atoms with E-state index in [-0.39, 0.29) is 17.1 Å². The number of fused-ring (bicyclic) bond motifs is 1. The predicted octanol–water partition coefficient (Wildman–Crippen LogP) is 4.45. The van der Waals surface area contributed by atoms with Crippen molar-refractivity contribution in [1.82, 2.24) is 4.57 Å². The fraction of sp³-hybridized carbons (Fsp3) is 0.120. The van der Waals surface area contributed by atoms with Crippen LogP contribution in [0.5, 0.6) is 0 Å². The molecular formula is C25H20BNO3. The van der Waals surface area contributed by atoms with Crippen molar-refractivity contribution in [2.45, 2.75) is 19.8 Å². The molecule has 0 N–H and O–H groups in total. The Kier molecular flexibility index (Phi) is 4.14. The fourth-order valence-electron chi connectivity index (χ4n) is 4.20. The Bertz CT molecular complexity index is 1340. The van der Waals surface area contributed by atoms with Gasteiger partial charge >= 0.3 is 0 Å². The molecule has 5 heteroatoms. The molecule has 0 radical (unpaired) electrons. The molecule has 0 bridgehead atoms. The van der Waals surface area contributed by atoms with E-state index in [4.69, 9.17) is 4.42 Å². The highest BCUT2D eigenvalue weighted by atomic mass is 16.3. The highest BCUT2D eigenvalue weighted by Crippen LogP contribution is 2.36. The summed E-state index contributed by atoms with van der Waals surface area (Å²) in [7, 11) is 1.99. The Morgan fingerprint density at radius 1 is 1.10 bits per heavy atom. The highest BCUT2D eigenvalue weighted by Gasteiger charge is 2.36. The molecular weight excluding hydrogens is 373 g/mol. The Morgan fingerprint density at radius 3 is 2.60 bits per heavy atom. The van der Waals surface area contributed by atoms with Gasteiger partial charge in [-0.1, -0.05) is 42.5 Å². The minimum absolute atomic E-state index is 0.160. The molecule has 2 heterocycles. The van der Waals surface area contributed by atoms with Crippen molar-refractivity contribution < 1.29 is 14.0 Å². The number of ketones is 2. The summed E-state index contributed by atoms with van der Waals surface area (Å²) in [5.41, 5.74) is 6.95. The third-order valence-electron chi connectivity index (χ3n) is 5.86. The van der Waals surface area contributed by atoms with Gasteiger partial charge in [0.1, 0.15) is 13.6 Å². The number of rotatable bonds is 3. The second-order valence-corrected chi connectivity index (χ2v) is 7.95. The number of hydrogen-bond donors (Lipinski definition) is 0. The molecule has 2 aliphatic carbocycles. The Hall–Kier alpha value is -3.60. The monoisotopic (exact) mass is 393 g/mol. The molecule has 0 unspecified atom stereocenters. The van der Waals surface area contributed by atoms with E-state index >= 15 is 0 Å². The standard InChI is InChI=1S/C25H20BNO3/c1-3-27-17(11-20-24(28)18-9-8-16(26)10-19(18)25(20)29)12-23-21(27)13-22(30-23)15-6-4-14(2)5-7-15/h3-7,10-13H,1,8-9,26H2,2H3/b20-11-. The molecule has 0 saturated carbocycles. The van der Waals surface area contributed by atoms with Gasteiger partial charge in [0.15, 0.2) is 17.1 Å². The van der Waals surface area contributed by atoms with E-state index in [0.29, 0.717) is 28.8 Å². The molecule has 1 aromatic carbocycles. The molecule has 0 spiro atoms. The summed E-state index contributed by atoms with van der Waals surface area (Å²) in [6, 6.07) is 11.9. The van der Waals surface area contributed by atoms with Crippen LogP contribution in [0.15, 0.2) is 75.7 Å². The molecule has 0 saturated heterocycles. The van der Waals surface area contributed by atoms with Gasteiger partial charge in [-0.3, -0.25) is 9.59 Å². The van der Waals surface area contributed by atoms with Gasteiger partial charge in [-0.25, -0.2) is 0 Å². The van der Waals surface area contributed by atoms with Crippen LogP contribution >= 0.6 is 0 Å². The zero-order valence-corrected chi connectivity index (χ0v) is 17.0. The van der Waals surface area contributed by atoms with Crippen LogP contribution in [0.3, 0.4) is 0 Å². The zero-order valence-electron chi connectivity index (χ0n) is 17.0.